The number of nitrogens with one attached hydrogen (secondary N) is 2. The number of para-hydroxylation sites is 1. The van der Waals surface area contributed by atoms with Crippen LogP contribution in [-0.4, -0.2) is 43.1 Å². The molecule has 0 unspecified atom stereocenters. The predicted octanol–water partition coefficient (Wildman–Crippen LogP) is 2.80. The van der Waals surface area contributed by atoms with Crippen molar-refractivity contribution >= 4 is 11.9 Å². The molecule has 6 heteroatoms. The van der Waals surface area contributed by atoms with Crippen molar-refractivity contribution in [2.75, 3.05) is 20.2 Å². The molecular formula is C21H25N3O3. The van der Waals surface area contributed by atoms with Gasteiger partial charge in [0.05, 0.1) is 12.7 Å². The van der Waals surface area contributed by atoms with Crippen molar-refractivity contribution in [3.8, 4) is 5.75 Å². The molecule has 0 bridgehead atoms. The minimum absolute atomic E-state index is 0.0561. The van der Waals surface area contributed by atoms with Gasteiger partial charge < -0.3 is 20.3 Å². The largest absolute Gasteiger partial charge is 0.496 e. The standard InChI is InChI=1S/C21H25N3O3/c1-27-19-10-6-5-9-18(19)20(25)23-17-11-13-24(14-12-17)21(26)22-15-16-7-3-2-4-8-16/h2-10,17H,11-15H2,1H3,(H,22,26)(H,23,25). The number of amides is 3. The Labute approximate surface area is 159 Å². The lowest BCUT2D eigenvalue weighted by molar-refractivity contribution is 0.0915. The molecule has 27 heavy (non-hydrogen) atoms. The number of piperidine rings is 1. The fourth-order valence-corrected chi connectivity index (χ4v) is 3.21. The second-order valence-corrected chi connectivity index (χ2v) is 6.58. The summed E-state index contributed by atoms with van der Waals surface area (Å²) in [6.07, 6.45) is 1.47. The van der Waals surface area contributed by atoms with E-state index in [9.17, 15) is 9.59 Å². The van der Waals surface area contributed by atoms with Crippen molar-refractivity contribution in [2.45, 2.75) is 25.4 Å². The molecule has 6 nitrogen and oxygen atoms in total. The highest BCUT2D eigenvalue weighted by Crippen LogP contribution is 2.18. The molecule has 2 aromatic carbocycles. The molecular weight excluding hydrogens is 342 g/mol. The Bertz CT molecular complexity index is 771. The molecule has 142 valence electrons. The summed E-state index contributed by atoms with van der Waals surface area (Å²) in [6.45, 7) is 1.76. The third-order valence-corrected chi connectivity index (χ3v) is 4.76. The van der Waals surface area contributed by atoms with Crippen LogP contribution in [0, 0.1) is 0 Å². The number of methoxy groups -OCH3 is 1. The highest BCUT2D eigenvalue weighted by Gasteiger charge is 2.24. The van der Waals surface area contributed by atoms with Crippen LogP contribution in [0.1, 0.15) is 28.8 Å². The lowest BCUT2D eigenvalue weighted by Gasteiger charge is -2.32. The van der Waals surface area contributed by atoms with Gasteiger partial charge >= 0.3 is 6.03 Å². The van der Waals surface area contributed by atoms with Gasteiger partial charge in [0.2, 0.25) is 0 Å². The first-order valence-corrected chi connectivity index (χ1v) is 9.18. The topological polar surface area (TPSA) is 70.7 Å². The van der Waals surface area contributed by atoms with Gasteiger partial charge in [-0.1, -0.05) is 42.5 Å². The third-order valence-electron chi connectivity index (χ3n) is 4.76. The van der Waals surface area contributed by atoms with Gasteiger partial charge in [-0.3, -0.25) is 4.79 Å². The van der Waals surface area contributed by atoms with Crippen LogP contribution in [0.15, 0.2) is 54.6 Å². The van der Waals surface area contributed by atoms with Gasteiger partial charge in [0.1, 0.15) is 5.75 Å². The van der Waals surface area contributed by atoms with Crippen LogP contribution in [0.4, 0.5) is 4.79 Å². The number of urea groups is 1. The van der Waals surface area contributed by atoms with E-state index in [1.807, 2.05) is 42.5 Å². The van der Waals surface area contributed by atoms with Crippen molar-refractivity contribution in [3.63, 3.8) is 0 Å². The summed E-state index contributed by atoms with van der Waals surface area (Å²) >= 11 is 0. The Morgan fingerprint density at radius 1 is 1.04 bits per heavy atom. The number of rotatable bonds is 5. The highest BCUT2D eigenvalue weighted by molar-refractivity contribution is 5.97. The van der Waals surface area contributed by atoms with E-state index in [0.29, 0.717) is 30.9 Å². The maximum absolute atomic E-state index is 12.5. The monoisotopic (exact) mass is 367 g/mol. The lowest BCUT2D eigenvalue weighted by Crippen LogP contribution is -2.49. The van der Waals surface area contributed by atoms with Gasteiger partial charge in [-0.15, -0.1) is 0 Å². The predicted molar refractivity (Wildman–Crippen MR) is 104 cm³/mol. The molecule has 0 spiro atoms. The van der Waals surface area contributed by atoms with E-state index in [1.54, 1.807) is 24.1 Å². The maximum Gasteiger partial charge on any atom is 0.317 e. The molecule has 1 aliphatic heterocycles. The SMILES string of the molecule is COc1ccccc1C(=O)NC1CCN(C(=O)NCc2ccccc2)CC1. The average molecular weight is 367 g/mol. The van der Waals surface area contributed by atoms with Crippen LogP contribution >= 0.6 is 0 Å². The first-order valence-electron chi connectivity index (χ1n) is 9.18. The van der Waals surface area contributed by atoms with Crippen LogP contribution in [0.2, 0.25) is 0 Å². The minimum atomic E-state index is -0.139. The second-order valence-electron chi connectivity index (χ2n) is 6.58. The number of hydrogen-bond donors (Lipinski definition) is 2. The zero-order chi connectivity index (χ0) is 19.1. The third kappa shape index (κ3) is 5.00. The highest BCUT2D eigenvalue weighted by atomic mass is 16.5. The Morgan fingerprint density at radius 3 is 2.41 bits per heavy atom. The Balaban J connectivity index is 1.46. The van der Waals surface area contributed by atoms with Gasteiger partial charge in [0.15, 0.2) is 0 Å². The molecule has 1 fully saturated rings. The molecule has 0 aromatic heterocycles. The number of carbonyl (C=O) groups excluding carboxylic acids is 2. The molecule has 2 aromatic rings. The summed E-state index contributed by atoms with van der Waals surface area (Å²) in [5.41, 5.74) is 1.60. The lowest BCUT2D eigenvalue weighted by atomic mass is 10.0. The Hall–Kier alpha value is -3.02. The first kappa shape index (κ1) is 18.8. The molecule has 3 rings (SSSR count). The first-order chi connectivity index (χ1) is 13.2. The molecule has 3 amide bonds. The van der Waals surface area contributed by atoms with Crippen LogP contribution in [0.3, 0.4) is 0 Å². The van der Waals surface area contributed by atoms with Gasteiger partial charge in [-0.2, -0.15) is 0 Å². The summed E-state index contributed by atoms with van der Waals surface area (Å²) in [6, 6.07) is 17.0. The van der Waals surface area contributed by atoms with Crippen molar-refractivity contribution in [1.82, 2.24) is 15.5 Å². The van der Waals surface area contributed by atoms with Gasteiger partial charge in [-0.05, 0) is 30.5 Å². The van der Waals surface area contributed by atoms with Crippen molar-refractivity contribution in [2.24, 2.45) is 0 Å². The van der Waals surface area contributed by atoms with Gasteiger partial charge in [0, 0.05) is 25.7 Å². The van der Waals surface area contributed by atoms with E-state index >= 15 is 0 Å². The van der Waals surface area contributed by atoms with Crippen LogP contribution in [0.5, 0.6) is 5.75 Å². The van der Waals surface area contributed by atoms with Crippen molar-refractivity contribution in [3.05, 3.63) is 65.7 Å². The van der Waals surface area contributed by atoms with Crippen LogP contribution < -0.4 is 15.4 Å². The Morgan fingerprint density at radius 2 is 1.70 bits per heavy atom. The molecule has 0 aliphatic carbocycles. The molecule has 0 atom stereocenters. The molecule has 0 saturated carbocycles. The number of hydrogen-bond acceptors (Lipinski definition) is 3. The normalized spacial score (nSPS) is 14.5. The summed E-state index contributed by atoms with van der Waals surface area (Å²) in [7, 11) is 1.55. The van der Waals surface area contributed by atoms with E-state index in [-0.39, 0.29) is 18.0 Å². The van der Waals surface area contributed by atoms with E-state index in [4.69, 9.17) is 4.74 Å². The zero-order valence-electron chi connectivity index (χ0n) is 15.5. The number of likely N-dealkylation sites (tertiary alicyclic amines) is 1. The van der Waals surface area contributed by atoms with E-state index in [1.165, 1.54) is 0 Å². The summed E-state index contributed by atoms with van der Waals surface area (Å²) < 4.78 is 5.25. The molecule has 1 heterocycles. The molecule has 2 N–H and O–H groups in total. The van der Waals surface area contributed by atoms with E-state index in [2.05, 4.69) is 10.6 Å². The molecule has 0 radical (unpaired) electrons. The number of ether oxygens (including phenoxy) is 1. The van der Waals surface area contributed by atoms with Gasteiger partial charge in [0.25, 0.3) is 5.91 Å². The van der Waals surface area contributed by atoms with Crippen LogP contribution in [-0.2, 0) is 6.54 Å². The van der Waals surface area contributed by atoms with Crippen molar-refractivity contribution in [1.29, 1.82) is 0 Å². The fraction of sp³-hybridized carbons (Fsp3) is 0.333. The second kappa shape index (κ2) is 9.07. The fourth-order valence-electron chi connectivity index (χ4n) is 3.21. The smallest absolute Gasteiger partial charge is 0.317 e. The van der Waals surface area contributed by atoms with E-state index < -0.39 is 0 Å². The summed E-state index contributed by atoms with van der Waals surface area (Å²) in [5, 5.41) is 6.00. The van der Waals surface area contributed by atoms with Crippen LogP contribution in [0.25, 0.3) is 0 Å². The van der Waals surface area contributed by atoms with Gasteiger partial charge in [-0.25, -0.2) is 4.79 Å². The molecule has 1 saturated heterocycles. The number of benzene rings is 2. The number of nitrogens with zero attached hydrogens (tertiary/aromatic N) is 1. The minimum Gasteiger partial charge on any atom is -0.496 e. The summed E-state index contributed by atoms with van der Waals surface area (Å²) in [5.74, 6) is 0.423. The maximum atomic E-state index is 12.5. The molecule has 1 aliphatic rings. The number of carbonyl (C=O) groups is 2. The zero-order valence-corrected chi connectivity index (χ0v) is 15.5. The average Bonchev–Trinajstić information content (AvgIpc) is 2.73. The Kier molecular flexibility index (Phi) is 6.30. The van der Waals surface area contributed by atoms with Crippen molar-refractivity contribution < 1.29 is 14.3 Å². The quantitative estimate of drug-likeness (QED) is 0.854. The van der Waals surface area contributed by atoms with E-state index in [0.717, 1.165) is 18.4 Å². The summed E-state index contributed by atoms with van der Waals surface area (Å²) in [4.78, 5) is 26.6.